The third-order valence-corrected chi connectivity index (χ3v) is 4.98. The van der Waals surface area contributed by atoms with E-state index in [4.69, 9.17) is 9.47 Å². The predicted molar refractivity (Wildman–Crippen MR) is 121 cm³/mol. The fraction of sp³-hybridized carbons (Fsp3) is 0.292. The highest BCUT2D eigenvalue weighted by molar-refractivity contribution is 5.94. The van der Waals surface area contributed by atoms with Crippen molar-refractivity contribution in [1.82, 2.24) is 10.3 Å². The van der Waals surface area contributed by atoms with Crippen LogP contribution in [0.3, 0.4) is 0 Å². The van der Waals surface area contributed by atoms with Crippen molar-refractivity contribution in [3.63, 3.8) is 0 Å². The molecule has 2 aromatic carbocycles. The number of nitrogens with one attached hydrogen (secondary N) is 2. The molecule has 31 heavy (non-hydrogen) atoms. The highest BCUT2D eigenvalue weighted by Crippen LogP contribution is 2.27. The van der Waals surface area contributed by atoms with Gasteiger partial charge in [0.05, 0.1) is 25.3 Å². The van der Waals surface area contributed by atoms with E-state index >= 15 is 0 Å². The van der Waals surface area contributed by atoms with Crippen molar-refractivity contribution in [2.75, 3.05) is 32.6 Å². The number of rotatable bonds is 8. The maximum Gasteiger partial charge on any atom is 0.251 e. The molecule has 7 heteroatoms. The Labute approximate surface area is 182 Å². The first-order chi connectivity index (χ1) is 15.0. The predicted octanol–water partition coefficient (Wildman–Crippen LogP) is 3.97. The van der Waals surface area contributed by atoms with Crippen LogP contribution in [0.5, 0.6) is 11.5 Å². The molecule has 0 spiro atoms. The molecule has 0 saturated carbocycles. The van der Waals surface area contributed by atoms with Crippen LogP contribution >= 0.6 is 0 Å². The van der Waals surface area contributed by atoms with Crippen molar-refractivity contribution in [3.8, 4) is 17.6 Å². The highest BCUT2D eigenvalue weighted by atomic mass is 16.5. The molecule has 0 radical (unpaired) electrons. The minimum absolute atomic E-state index is 0.187. The van der Waals surface area contributed by atoms with Gasteiger partial charge < -0.3 is 20.1 Å². The molecule has 0 atom stereocenters. The average Bonchev–Trinajstić information content (AvgIpc) is 2.77. The van der Waals surface area contributed by atoms with Crippen LogP contribution in [0.25, 0.3) is 10.9 Å². The van der Waals surface area contributed by atoms with Crippen LogP contribution in [0.15, 0.2) is 36.4 Å². The van der Waals surface area contributed by atoms with E-state index in [2.05, 4.69) is 27.8 Å². The Hall–Kier alpha value is -3.79. The summed E-state index contributed by atoms with van der Waals surface area (Å²) in [6, 6.07) is 13.2. The number of pyridine rings is 1. The molecule has 0 fully saturated rings. The van der Waals surface area contributed by atoms with E-state index in [-0.39, 0.29) is 5.91 Å². The molecule has 0 aliphatic rings. The molecular formula is C24H26N4O3. The van der Waals surface area contributed by atoms with Crippen LogP contribution in [-0.4, -0.2) is 38.2 Å². The smallest absolute Gasteiger partial charge is 0.251 e. The number of benzene rings is 2. The Morgan fingerprint density at radius 1 is 1.06 bits per heavy atom. The first-order valence-electron chi connectivity index (χ1n) is 10.0. The molecule has 7 nitrogen and oxygen atoms in total. The van der Waals surface area contributed by atoms with Crippen LogP contribution in [0.1, 0.15) is 33.5 Å². The number of anilines is 1. The average molecular weight is 418 g/mol. The second-order valence-corrected chi connectivity index (χ2v) is 7.25. The molecule has 0 unspecified atom stereocenters. The molecule has 0 saturated heterocycles. The molecule has 2 N–H and O–H groups in total. The fourth-order valence-corrected chi connectivity index (χ4v) is 3.43. The van der Waals surface area contributed by atoms with Gasteiger partial charge in [-0.05, 0) is 61.7 Å². The fourth-order valence-electron chi connectivity index (χ4n) is 3.43. The Balaban J connectivity index is 1.58. The maximum atomic E-state index is 12.4. The van der Waals surface area contributed by atoms with Crippen molar-refractivity contribution in [2.45, 2.75) is 20.3 Å². The zero-order chi connectivity index (χ0) is 22.4. The molecule has 1 amide bonds. The van der Waals surface area contributed by atoms with E-state index in [1.165, 1.54) is 7.11 Å². The number of nitriles is 1. The summed E-state index contributed by atoms with van der Waals surface area (Å²) in [5, 5.41) is 16.6. The zero-order valence-electron chi connectivity index (χ0n) is 18.2. The van der Waals surface area contributed by atoms with Gasteiger partial charge in [0.25, 0.3) is 5.91 Å². The zero-order valence-corrected chi connectivity index (χ0v) is 18.2. The van der Waals surface area contributed by atoms with E-state index in [0.717, 1.165) is 22.0 Å². The first kappa shape index (κ1) is 21.9. The van der Waals surface area contributed by atoms with Crippen molar-refractivity contribution in [2.24, 2.45) is 0 Å². The lowest BCUT2D eigenvalue weighted by atomic mass is 10.0. The Bertz CT molecular complexity index is 1150. The third-order valence-electron chi connectivity index (χ3n) is 4.98. The second-order valence-electron chi connectivity index (χ2n) is 7.25. The van der Waals surface area contributed by atoms with Gasteiger partial charge in [0.15, 0.2) is 11.5 Å². The molecule has 0 aliphatic carbocycles. The van der Waals surface area contributed by atoms with E-state index in [1.54, 1.807) is 25.3 Å². The maximum absolute atomic E-state index is 12.4. The molecule has 1 aromatic heterocycles. The van der Waals surface area contributed by atoms with Gasteiger partial charge in [0.1, 0.15) is 11.9 Å². The molecule has 3 aromatic rings. The summed E-state index contributed by atoms with van der Waals surface area (Å²) in [7, 11) is 3.08. The Kier molecular flexibility index (Phi) is 6.93. The number of fused-ring (bicyclic) bond motifs is 1. The van der Waals surface area contributed by atoms with E-state index < -0.39 is 0 Å². The molecule has 0 bridgehead atoms. The van der Waals surface area contributed by atoms with E-state index in [0.29, 0.717) is 48.0 Å². The van der Waals surface area contributed by atoms with Crippen LogP contribution in [0, 0.1) is 25.2 Å². The highest BCUT2D eigenvalue weighted by Gasteiger charge is 2.11. The van der Waals surface area contributed by atoms with Crippen LogP contribution < -0.4 is 20.1 Å². The van der Waals surface area contributed by atoms with E-state index in [1.807, 2.05) is 26.0 Å². The number of ether oxygens (including phenoxy) is 2. The minimum atomic E-state index is -0.187. The SMILES string of the molecule is COc1ccc(C(=O)NCCCNc2nc3cc(C)cc(C)c3cc2C#N)cc1OC. The number of nitrogens with zero attached hydrogens (tertiary/aromatic N) is 2. The second kappa shape index (κ2) is 9.81. The van der Waals surface area contributed by atoms with Gasteiger partial charge in [-0.2, -0.15) is 5.26 Å². The number of hydrogen-bond donors (Lipinski definition) is 2. The first-order valence-corrected chi connectivity index (χ1v) is 10.0. The van der Waals surface area contributed by atoms with Crippen LogP contribution in [0.4, 0.5) is 5.82 Å². The standard InChI is InChI=1S/C24H26N4O3/c1-15-10-16(2)19-12-18(14-25)23(28-20(19)11-15)26-8-5-9-27-24(29)17-6-7-21(30-3)22(13-17)31-4/h6-7,10-13H,5,8-9H2,1-4H3,(H,26,28)(H,27,29). The van der Waals surface area contributed by atoms with Crippen molar-refractivity contribution >= 4 is 22.6 Å². The van der Waals surface area contributed by atoms with Gasteiger partial charge in [-0.25, -0.2) is 4.98 Å². The van der Waals surface area contributed by atoms with Gasteiger partial charge in [-0.3, -0.25) is 4.79 Å². The monoisotopic (exact) mass is 418 g/mol. The van der Waals surface area contributed by atoms with Crippen LogP contribution in [0.2, 0.25) is 0 Å². The van der Waals surface area contributed by atoms with Gasteiger partial charge in [0, 0.05) is 24.0 Å². The van der Waals surface area contributed by atoms with Gasteiger partial charge in [-0.15, -0.1) is 0 Å². The van der Waals surface area contributed by atoms with Crippen molar-refractivity contribution in [3.05, 3.63) is 58.7 Å². The number of hydrogen-bond acceptors (Lipinski definition) is 6. The lowest BCUT2D eigenvalue weighted by Crippen LogP contribution is -2.26. The summed E-state index contributed by atoms with van der Waals surface area (Å²) >= 11 is 0. The number of amides is 1. The summed E-state index contributed by atoms with van der Waals surface area (Å²) in [5.74, 6) is 1.46. The molecule has 1 heterocycles. The number of carbonyl (C=O) groups is 1. The third kappa shape index (κ3) is 5.04. The van der Waals surface area contributed by atoms with Crippen LogP contribution in [-0.2, 0) is 0 Å². The summed E-state index contributed by atoms with van der Waals surface area (Å²) in [4.78, 5) is 17.0. The molecular weight excluding hydrogens is 392 g/mol. The lowest BCUT2D eigenvalue weighted by molar-refractivity contribution is 0.0953. The number of aromatic nitrogens is 1. The summed E-state index contributed by atoms with van der Waals surface area (Å²) in [5.41, 5.74) is 4.10. The lowest BCUT2D eigenvalue weighted by Gasteiger charge is -2.12. The van der Waals surface area contributed by atoms with Crippen molar-refractivity contribution < 1.29 is 14.3 Å². The van der Waals surface area contributed by atoms with Gasteiger partial charge >= 0.3 is 0 Å². The number of carbonyl (C=O) groups excluding carboxylic acids is 1. The minimum Gasteiger partial charge on any atom is -0.493 e. The van der Waals surface area contributed by atoms with Gasteiger partial charge in [0.2, 0.25) is 0 Å². The Morgan fingerprint density at radius 2 is 1.84 bits per heavy atom. The Morgan fingerprint density at radius 3 is 2.55 bits per heavy atom. The number of aryl methyl sites for hydroxylation is 2. The summed E-state index contributed by atoms with van der Waals surface area (Å²) in [6.07, 6.45) is 0.677. The quantitative estimate of drug-likeness (QED) is 0.537. The summed E-state index contributed by atoms with van der Waals surface area (Å²) < 4.78 is 10.4. The molecule has 3 rings (SSSR count). The molecule has 0 aliphatic heterocycles. The summed E-state index contributed by atoms with van der Waals surface area (Å²) in [6.45, 7) is 5.10. The topological polar surface area (TPSA) is 96.3 Å². The van der Waals surface area contributed by atoms with E-state index in [9.17, 15) is 10.1 Å². The largest absolute Gasteiger partial charge is 0.493 e. The number of methoxy groups -OCH3 is 2. The van der Waals surface area contributed by atoms with Gasteiger partial charge in [-0.1, -0.05) is 6.07 Å². The normalized spacial score (nSPS) is 10.4. The van der Waals surface area contributed by atoms with Crippen molar-refractivity contribution in [1.29, 1.82) is 5.26 Å². The molecule has 160 valence electrons.